The van der Waals surface area contributed by atoms with Gasteiger partial charge < -0.3 is 5.11 Å². The number of aliphatic hydroxyl groups is 1. The van der Waals surface area contributed by atoms with Gasteiger partial charge in [-0.05, 0) is 42.9 Å². The van der Waals surface area contributed by atoms with Crippen LogP contribution in [0.15, 0.2) is 36.5 Å². The van der Waals surface area contributed by atoms with Gasteiger partial charge in [-0.2, -0.15) is 0 Å². The van der Waals surface area contributed by atoms with Crippen molar-refractivity contribution in [1.29, 1.82) is 0 Å². The maximum atomic E-state index is 9.84. The van der Waals surface area contributed by atoms with Gasteiger partial charge in [-0.1, -0.05) is 32.0 Å². The average molecular weight is 243 g/mol. The highest BCUT2D eigenvalue weighted by Crippen LogP contribution is 2.22. The minimum atomic E-state index is -0.281. The molecule has 2 unspecified atom stereocenters. The number of aliphatic hydroxyl groups excluding tert-OH is 1. The molecule has 1 heterocycles. The molecule has 0 aliphatic rings. The van der Waals surface area contributed by atoms with Crippen molar-refractivity contribution in [3.8, 4) is 0 Å². The second-order valence-corrected chi connectivity index (χ2v) is 5.39. The van der Waals surface area contributed by atoms with Crippen LogP contribution in [0.1, 0.15) is 26.3 Å². The molecule has 0 saturated carbocycles. The van der Waals surface area contributed by atoms with E-state index in [1.807, 2.05) is 31.3 Å². The van der Waals surface area contributed by atoms with E-state index in [0.29, 0.717) is 5.92 Å². The molecule has 0 radical (unpaired) electrons. The van der Waals surface area contributed by atoms with Gasteiger partial charge in [0.2, 0.25) is 0 Å². The Hall–Kier alpha value is -1.41. The second-order valence-electron chi connectivity index (χ2n) is 5.39. The first-order valence-electron chi connectivity index (χ1n) is 6.59. The predicted molar refractivity (Wildman–Crippen MR) is 75.5 cm³/mol. The Bertz CT molecular complexity index is 511. The fourth-order valence-electron chi connectivity index (χ4n) is 2.46. The van der Waals surface area contributed by atoms with E-state index in [9.17, 15) is 5.11 Å². The van der Waals surface area contributed by atoms with Crippen LogP contribution in [-0.2, 0) is 6.42 Å². The highest BCUT2D eigenvalue weighted by molar-refractivity contribution is 5.78. The molecule has 2 nitrogen and oxygen atoms in total. The van der Waals surface area contributed by atoms with E-state index in [0.717, 1.165) is 11.9 Å². The molecule has 0 aliphatic heterocycles. The summed E-state index contributed by atoms with van der Waals surface area (Å²) in [6, 6.07) is 10.3. The third-order valence-corrected chi connectivity index (χ3v) is 3.59. The number of para-hydroxylation sites is 1. The molecule has 0 saturated heterocycles. The topological polar surface area (TPSA) is 33.1 Å². The van der Waals surface area contributed by atoms with Crippen LogP contribution >= 0.6 is 0 Å². The minimum absolute atomic E-state index is 0.281. The molecule has 0 bridgehead atoms. The highest BCUT2D eigenvalue weighted by atomic mass is 16.3. The van der Waals surface area contributed by atoms with Crippen LogP contribution in [0.4, 0.5) is 0 Å². The van der Waals surface area contributed by atoms with E-state index in [1.165, 1.54) is 10.9 Å². The van der Waals surface area contributed by atoms with Crippen molar-refractivity contribution < 1.29 is 5.11 Å². The van der Waals surface area contributed by atoms with Crippen molar-refractivity contribution in [2.24, 2.45) is 11.8 Å². The zero-order valence-electron chi connectivity index (χ0n) is 11.3. The van der Waals surface area contributed by atoms with Crippen molar-refractivity contribution >= 4 is 10.9 Å². The first-order valence-corrected chi connectivity index (χ1v) is 6.59. The molecule has 1 aromatic heterocycles. The van der Waals surface area contributed by atoms with Crippen LogP contribution in [0.25, 0.3) is 10.9 Å². The maximum Gasteiger partial charge on any atom is 0.0702 e. The Morgan fingerprint density at radius 3 is 2.56 bits per heavy atom. The number of aromatic nitrogens is 1. The summed E-state index contributed by atoms with van der Waals surface area (Å²) in [5.74, 6) is 0.754. The van der Waals surface area contributed by atoms with Gasteiger partial charge in [-0.25, -0.2) is 0 Å². The lowest BCUT2D eigenvalue weighted by molar-refractivity contribution is 0.0977. The van der Waals surface area contributed by atoms with Gasteiger partial charge >= 0.3 is 0 Å². The zero-order valence-corrected chi connectivity index (χ0v) is 11.3. The number of hydrogen-bond donors (Lipinski definition) is 1. The minimum Gasteiger partial charge on any atom is -0.393 e. The van der Waals surface area contributed by atoms with Crippen LogP contribution in [0, 0.1) is 11.8 Å². The van der Waals surface area contributed by atoms with E-state index in [4.69, 9.17) is 0 Å². The number of pyridine rings is 1. The van der Waals surface area contributed by atoms with Gasteiger partial charge in [0.25, 0.3) is 0 Å². The second kappa shape index (κ2) is 5.49. The van der Waals surface area contributed by atoms with E-state index in [2.05, 4.69) is 31.0 Å². The standard InChI is InChI=1S/C16H21NO/c1-11(2)15(12(3)18)9-13-8-14-6-4-5-7-16(14)17-10-13/h4-8,10-12,15,18H,9H2,1-3H3. The fraction of sp³-hybridized carbons (Fsp3) is 0.438. The van der Waals surface area contributed by atoms with E-state index in [-0.39, 0.29) is 12.0 Å². The monoisotopic (exact) mass is 243 g/mol. The van der Waals surface area contributed by atoms with Crippen molar-refractivity contribution in [3.05, 3.63) is 42.1 Å². The average Bonchev–Trinajstić information content (AvgIpc) is 2.35. The van der Waals surface area contributed by atoms with E-state index in [1.54, 1.807) is 0 Å². The molecule has 1 N–H and O–H groups in total. The normalized spacial score (nSPS) is 14.9. The third kappa shape index (κ3) is 2.88. The maximum absolute atomic E-state index is 9.84. The van der Waals surface area contributed by atoms with Crippen molar-refractivity contribution in [1.82, 2.24) is 4.98 Å². The molecular weight excluding hydrogens is 222 g/mol. The quantitative estimate of drug-likeness (QED) is 0.892. The third-order valence-electron chi connectivity index (χ3n) is 3.59. The Labute approximate surface area is 109 Å². The summed E-state index contributed by atoms with van der Waals surface area (Å²) in [6.45, 7) is 6.19. The molecule has 0 amide bonds. The smallest absolute Gasteiger partial charge is 0.0702 e. The lowest BCUT2D eigenvalue weighted by Gasteiger charge is -2.23. The first-order chi connectivity index (χ1) is 8.58. The predicted octanol–water partition coefficient (Wildman–Crippen LogP) is 3.43. The van der Waals surface area contributed by atoms with Crippen molar-refractivity contribution in [2.75, 3.05) is 0 Å². The molecule has 2 rings (SSSR count). The summed E-state index contributed by atoms with van der Waals surface area (Å²) in [7, 11) is 0. The van der Waals surface area contributed by atoms with Crippen LogP contribution in [-0.4, -0.2) is 16.2 Å². The summed E-state index contributed by atoms with van der Waals surface area (Å²) >= 11 is 0. The van der Waals surface area contributed by atoms with Crippen molar-refractivity contribution in [3.63, 3.8) is 0 Å². The van der Waals surface area contributed by atoms with Crippen LogP contribution in [0.2, 0.25) is 0 Å². The van der Waals surface area contributed by atoms with Gasteiger partial charge in [0.1, 0.15) is 0 Å². The first kappa shape index (κ1) is 13.0. The summed E-state index contributed by atoms with van der Waals surface area (Å²) in [5, 5.41) is 11.0. The molecule has 96 valence electrons. The lowest BCUT2D eigenvalue weighted by Crippen LogP contribution is -2.24. The largest absolute Gasteiger partial charge is 0.393 e. The number of rotatable bonds is 4. The molecule has 0 aliphatic carbocycles. The molecule has 0 spiro atoms. The summed E-state index contributed by atoms with van der Waals surface area (Å²) in [6.07, 6.45) is 2.53. The Balaban J connectivity index is 2.25. The van der Waals surface area contributed by atoms with Crippen LogP contribution in [0.3, 0.4) is 0 Å². The number of fused-ring (bicyclic) bond motifs is 1. The molecule has 2 atom stereocenters. The van der Waals surface area contributed by atoms with Crippen LogP contribution in [0.5, 0.6) is 0 Å². The number of hydrogen-bond acceptors (Lipinski definition) is 2. The van der Waals surface area contributed by atoms with Gasteiger partial charge in [-0.15, -0.1) is 0 Å². The Morgan fingerprint density at radius 2 is 1.89 bits per heavy atom. The molecule has 0 fully saturated rings. The Kier molecular flexibility index (Phi) is 3.97. The lowest BCUT2D eigenvalue weighted by atomic mass is 9.85. The summed E-state index contributed by atoms with van der Waals surface area (Å²) in [4.78, 5) is 4.47. The molecule has 18 heavy (non-hydrogen) atoms. The van der Waals surface area contributed by atoms with Crippen LogP contribution < -0.4 is 0 Å². The highest BCUT2D eigenvalue weighted by Gasteiger charge is 2.19. The fourth-order valence-corrected chi connectivity index (χ4v) is 2.46. The Morgan fingerprint density at radius 1 is 1.17 bits per heavy atom. The molecule has 2 aromatic rings. The van der Waals surface area contributed by atoms with E-state index >= 15 is 0 Å². The zero-order chi connectivity index (χ0) is 13.1. The van der Waals surface area contributed by atoms with Gasteiger partial charge in [0.05, 0.1) is 11.6 Å². The van der Waals surface area contributed by atoms with Crippen molar-refractivity contribution in [2.45, 2.75) is 33.3 Å². The molecular formula is C16H21NO. The number of benzene rings is 1. The number of nitrogens with zero attached hydrogens (tertiary/aromatic N) is 1. The summed E-state index contributed by atoms with van der Waals surface area (Å²) < 4.78 is 0. The SMILES string of the molecule is CC(C)C(Cc1cnc2ccccc2c1)C(C)O. The summed E-state index contributed by atoms with van der Waals surface area (Å²) in [5.41, 5.74) is 2.23. The van der Waals surface area contributed by atoms with E-state index < -0.39 is 0 Å². The van der Waals surface area contributed by atoms with Gasteiger partial charge in [-0.3, -0.25) is 4.98 Å². The molecule has 2 heteroatoms. The van der Waals surface area contributed by atoms with Gasteiger partial charge in [0, 0.05) is 11.6 Å². The molecule has 1 aromatic carbocycles. The van der Waals surface area contributed by atoms with Gasteiger partial charge in [0.15, 0.2) is 0 Å².